The molecule has 2 heterocycles. The molecule has 38 heavy (non-hydrogen) atoms. The molecule has 0 spiro atoms. The number of carbonyl (C=O) groups is 1. The molecule has 2 aromatic carbocycles. The minimum Gasteiger partial charge on any atom is -0.289 e. The molecule has 0 saturated carbocycles. The second-order valence-electron chi connectivity index (χ2n) is 8.73. The van der Waals surface area contributed by atoms with Crippen molar-refractivity contribution >= 4 is 50.3 Å². The number of thiocarbonyl (C=S) groups is 1. The van der Waals surface area contributed by atoms with Crippen LogP contribution in [0.4, 0.5) is 0 Å². The molecule has 1 aliphatic rings. The van der Waals surface area contributed by atoms with E-state index in [-0.39, 0.29) is 10.8 Å². The van der Waals surface area contributed by atoms with Crippen molar-refractivity contribution in [3.05, 3.63) is 83.9 Å². The number of carbonyl (C=O) groups excluding carboxylic acids is 1. The normalized spacial score (nSPS) is 15.1. The van der Waals surface area contributed by atoms with Crippen LogP contribution in [0.5, 0.6) is 0 Å². The standard InChI is InChI=1S/C28H30N4O3S3/c1-4-15-30(16-5-2)38(34,35)24-14-10-11-21(18-24)26-22(20-32(29-26)23-12-8-7-9-13-23)19-25-27(33)31(17-6-3)28(36)37-25/h6-14,18-20H,3-5,15-17H2,1-2H3. The van der Waals surface area contributed by atoms with E-state index in [0.29, 0.717) is 45.7 Å². The van der Waals surface area contributed by atoms with Crippen molar-refractivity contribution in [1.29, 1.82) is 0 Å². The van der Waals surface area contributed by atoms with Crippen LogP contribution in [0.3, 0.4) is 0 Å². The minimum atomic E-state index is -3.67. The van der Waals surface area contributed by atoms with Crippen LogP contribution >= 0.6 is 24.0 Å². The predicted octanol–water partition coefficient (Wildman–Crippen LogP) is 5.74. The summed E-state index contributed by atoms with van der Waals surface area (Å²) in [5.74, 6) is -0.190. The molecule has 1 amide bonds. The number of aromatic nitrogens is 2. The Morgan fingerprint density at radius 2 is 1.79 bits per heavy atom. The summed E-state index contributed by atoms with van der Waals surface area (Å²) >= 11 is 6.63. The number of para-hydroxylation sites is 1. The lowest BCUT2D eigenvalue weighted by Gasteiger charge is -2.21. The first-order valence-electron chi connectivity index (χ1n) is 12.4. The average Bonchev–Trinajstić information content (AvgIpc) is 3.46. The third-order valence-electron chi connectivity index (χ3n) is 5.93. The van der Waals surface area contributed by atoms with Gasteiger partial charge in [-0.3, -0.25) is 9.69 Å². The lowest BCUT2D eigenvalue weighted by atomic mass is 10.1. The first-order chi connectivity index (χ1) is 18.3. The van der Waals surface area contributed by atoms with Gasteiger partial charge in [0.25, 0.3) is 5.91 Å². The highest BCUT2D eigenvalue weighted by molar-refractivity contribution is 8.26. The fourth-order valence-corrected chi connectivity index (χ4v) is 7.10. The molecule has 3 aromatic rings. The fourth-order valence-electron chi connectivity index (χ4n) is 4.16. The van der Waals surface area contributed by atoms with Gasteiger partial charge in [0.1, 0.15) is 10.0 Å². The Labute approximate surface area is 233 Å². The topological polar surface area (TPSA) is 75.5 Å². The van der Waals surface area contributed by atoms with Crippen LogP contribution in [0.1, 0.15) is 32.3 Å². The Kier molecular flexibility index (Phi) is 8.99. The van der Waals surface area contributed by atoms with Gasteiger partial charge in [-0.25, -0.2) is 13.1 Å². The summed E-state index contributed by atoms with van der Waals surface area (Å²) in [5, 5.41) is 4.81. The van der Waals surface area contributed by atoms with Crippen molar-refractivity contribution < 1.29 is 13.2 Å². The molecule has 0 radical (unpaired) electrons. The molecule has 1 aliphatic heterocycles. The Morgan fingerprint density at radius 1 is 1.08 bits per heavy atom. The smallest absolute Gasteiger partial charge is 0.266 e. The van der Waals surface area contributed by atoms with E-state index in [1.165, 1.54) is 21.0 Å². The van der Waals surface area contributed by atoms with E-state index < -0.39 is 10.0 Å². The molecule has 0 bridgehead atoms. The molecule has 1 fully saturated rings. The number of hydrogen-bond acceptors (Lipinski definition) is 6. The number of benzene rings is 2. The lowest BCUT2D eigenvalue weighted by Crippen LogP contribution is -2.32. The molecule has 1 saturated heterocycles. The summed E-state index contributed by atoms with van der Waals surface area (Å²) in [5.41, 5.74) is 2.73. The summed E-state index contributed by atoms with van der Waals surface area (Å²) in [6, 6.07) is 16.5. The van der Waals surface area contributed by atoms with Gasteiger partial charge in [0, 0.05) is 37.0 Å². The van der Waals surface area contributed by atoms with Crippen LogP contribution in [-0.4, -0.2) is 57.3 Å². The van der Waals surface area contributed by atoms with Gasteiger partial charge < -0.3 is 0 Å². The zero-order chi connectivity index (χ0) is 27.3. The van der Waals surface area contributed by atoms with Gasteiger partial charge in [0.15, 0.2) is 0 Å². The Morgan fingerprint density at radius 3 is 2.45 bits per heavy atom. The molecular weight excluding hydrogens is 537 g/mol. The summed E-state index contributed by atoms with van der Waals surface area (Å²) in [6.45, 7) is 8.90. The van der Waals surface area contributed by atoms with Gasteiger partial charge in [-0.1, -0.05) is 74.2 Å². The van der Waals surface area contributed by atoms with E-state index in [9.17, 15) is 13.2 Å². The molecule has 0 N–H and O–H groups in total. The van der Waals surface area contributed by atoms with Crippen LogP contribution in [0, 0.1) is 0 Å². The van der Waals surface area contributed by atoms with Crippen molar-refractivity contribution in [2.75, 3.05) is 19.6 Å². The molecule has 0 atom stereocenters. The number of nitrogens with zero attached hydrogens (tertiary/aromatic N) is 4. The van der Waals surface area contributed by atoms with E-state index >= 15 is 0 Å². The molecule has 0 aliphatic carbocycles. The molecule has 0 unspecified atom stereocenters. The van der Waals surface area contributed by atoms with Crippen LogP contribution in [0.25, 0.3) is 23.0 Å². The van der Waals surface area contributed by atoms with Gasteiger partial charge in [0.2, 0.25) is 10.0 Å². The van der Waals surface area contributed by atoms with Crippen LogP contribution in [0.2, 0.25) is 0 Å². The van der Waals surface area contributed by atoms with E-state index in [1.807, 2.05) is 56.4 Å². The van der Waals surface area contributed by atoms with Gasteiger partial charge >= 0.3 is 0 Å². The number of rotatable bonds is 11. The van der Waals surface area contributed by atoms with Gasteiger partial charge in [-0.15, -0.1) is 6.58 Å². The molecule has 198 valence electrons. The van der Waals surface area contributed by atoms with Crippen molar-refractivity contribution in [1.82, 2.24) is 19.0 Å². The highest BCUT2D eigenvalue weighted by atomic mass is 32.2. The van der Waals surface area contributed by atoms with E-state index in [0.717, 1.165) is 18.5 Å². The fraction of sp³-hybridized carbons (Fsp3) is 0.250. The lowest BCUT2D eigenvalue weighted by molar-refractivity contribution is -0.121. The zero-order valence-electron chi connectivity index (χ0n) is 21.4. The number of amides is 1. The maximum Gasteiger partial charge on any atom is 0.266 e. The minimum absolute atomic E-state index is 0.190. The summed E-state index contributed by atoms with van der Waals surface area (Å²) in [6.07, 6.45) is 6.71. The Hall–Kier alpha value is -3.05. The monoisotopic (exact) mass is 566 g/mol. The highest BCUT2D eigenvalue weighted by Gasteiger charge is 2.31. The number of hydrogen-bond donors (Lipinski definition) is 0. The van der Waals surface area contributed by atoms with E-state index in [2.05, 4.69) is 6.58 Å². The second-order valence-corrected chi connectivity index (χ2v) is 12.3. The maximum atomic E-state index is 13.5. The number of sulfonamides is 1. The predicted molar refractivity (Wildman–Crippen MR) is 158 cm³/mol. The first-order valence-corrected chi connectivity index (χ1v) is 15.1. The summed E-state index contributed by atoms with van der Waals surface area (Å²) in [7, 11) is -3.67. The van der Waals surface area contributed by atoms with Gasteiger partial charge in [-0.2, -0.15) is 9.40 Å². The largest absolute Gasteiger partial charge is 0.289 e. The van der Waals surface area contributed by atoms with E-state index in [1.54, 1.807) is 35.0 Å². The molecular formula is C28H30N4O3S3. The number of thioether (sulfide) groups is 1. The third-order valence-corrected chi connectivity index (χ3v) is 9.20. The Balaban J connectivity index is 1.82. The zero-order valence-corrected chi connectivity index (χ0v) is 23.9. The maximum absolute atomic E-state index is 13.5. The summed E-state index contributed by atoms with van der Waals surface area (Å²) in [4.78, 5) is 15.2. The second kappa shape index (κ2) is 12.2. The quantitative estimate of drug-likeness (QED) is 0.167. The SMILES string of the molecule is C=CCN1C(=O)C(=Cc2cn(-c3ccccc3)nc2-c2cccc(S(=O)(=O)N(CCC)CCC)c2)SC1=S. The van der Waals surface area contributed by atoms with Gasteiger partial charge in [0.05, 0.1) is 15.5 Å². The molecule has 1 aromatic heterocycles. The third kappa shape index (κ3) is 5.83. The van der Waals surface area contributed by atoms with Crippen molar-refractivity contribution in [3.63, 3.8) is 0 Å². The molecule has 10 heteroatoms. The van der Waals surface area contributed by atoms with Crippen LogP contribution in [-0.2, 0) is 14.8 Å². The van der Waals surface area contributed by atoms with Crippen molar-refractivity contribution in [2.45, 2.75) is 31.6 Å². The van der Waals surface area contributed by atoms with Crippen LogP contribution in [0.15, 0.2) is 83.2 Å². The Bertz CT molecular complexity index is 1470. The molecule has 4 rings (SSSR count). The summed E-state index contributed by atoms with van der Waals surface area (Å²) < 4.78 is 30.7. The van der Waals surface area contributed by atoms with E-state index in [4.69, 9.17) is 17.3 Å². The van der Waals surface area contributed by atoms with Gasteiger partial charge in [-0.05, 0) is 43.2 Å². The average molecular weight is 567 g/mol. The van der Waals surface area contributed by atoms with Crippen molar-refractivity contribution in [3.8, 4) is 16.9 Å². The molecule has 7 nitrogen and oxygen atoms in total. The van der Waals surface area contributed by atoms with Crippen LogP contribution < -0.4 is 0 Å². The van der Waals surface area contributed by atoms with Crippen molar-refractivity contribution in [2.24, 2.45) is 0 Å². The highest BCUT2D eigenvalue weighted by Crippen LogP contribution is 2.35. The first kappa shape index (κ1) is 28.0.